The quantitative estimate of drug-likeness (QED) is 0.450. The van der Waals surface area contributed by atoms with Crippen LogP contribution >= 0.6 is 23.8 Å². The summed E-state index contributed by atoms with van der Waals surface area (Å²) >= 11 is 12.5. The molecule has 1 aromatic carbocycles. The Morgan fingerprint density at radius 1 is 1.03 bits per heavy atom. The van der Waals surface area contributed by atoms with Crippen LogP contribution in [-0.4, -0.2) is 25.6 Å². The largest absolute Gasteiger partial charge is 0.352 e. The molecule has 2 aliphatic rings. The minimum atomic E-state index is 0.0193. The van der Waals surface area contributed by atoms with Crippen LogP contribution in [0.15, 0.2) is 54.7 Å². The lowest BCUT2D eigenvalue weighted by Crippen LogP contribution is -2.40. The van der Waals surface area contributed by atoms with Crippen molar-refractivity contribution in [2.24, 2.45) is 0 Å². The van der Waals surface area contributed by atoms with Gasteiger partial charge >= 0.3 is 0 Å². The summed E-state index contributed by atoms with van der Waals surface area (Å²) in [6.07, 6.45) is 8.10. The van der Waals surface area contributed by atoms with Crippen LogP contribution in [0.3, 0.4) is 0 Å². The number of rotatable bonds is 4. The molecule has 2 atom stereocenters. The van der Waals surface area contributed by atoms with Crippen molar-refractivity contribution >= 4 is 28.9 Å². The highest BCUT2D eigenvalue weighted by Gasteiger charge is 2.44. The van der Waals surface area contributed by atoms with Gasteiger partial charge in [-0.15, -0.1) is 0 Å². The van der Waals surface area contributed by atoms with Gasteiger partial charge in [0.25, 0.3) is 0 Å². The number of aryl methyl sites for hydroxylation is 1. The normalized spacial score (nSPS) is 21.7. The van der Waals surface area contributed by atoms with Crippen LogP contribution < -0.4 is 5.32 Å². The van der Waals surface area contributed by atoms with E-state index in [1.807, 2.05) is 30.5 Å². The third-order valence-electron chi connectivity index (χ3n) is 6.99. The lowest BCUT2D eigenvalue weighted by molar-refractivity contribution is 0.197. The zero-order valence-corrected chi connectivity index (χ0v) is 20.2. The topological polar surface area (TPSA) is 33.1 Å². The Morgan fingerprint density at radius 3 is 2.50 bits per heavy atom. The average Bonchev–Trinajstić information content (AvgIpc) is 3.31. The third kappa shape index (κ3) is 3.71. The van der Waals surface area contributed by atoms with Crippen molar-refractivity contribution in [3.8, 4) is 5.69 Å². The fraction of sp³-hybridized carbons (Fsp3) is 0.385. The number of benzene rings is 1. The van der Waals surface area contributed by atoms with Crippen LogP contribution in [0.1, 0.15) is 66.8 Å². The number of thiocarbonyl (C=S) groups is 1. The van der Waals surface area contributed by atoms with Crippen LogP contribution in [-0.2, 0) is 0 Å². The molecule has 5 rings (SSSR count). The summed E-state index contributed by atoms with van der Waals surface area (Å²) in [5.41, 5.74) is 5.71. The number of hydrogen-bond acceptors (Lipinski definition) is 2. The van der Waals surface area contributed by atoms with E-state index < -0.39 is 0 Å². The van der Waals surface area contributed by atoms with Crippen molar-refractivity contribution < 1.29 is 0 Å². The smallest absolute Gasteiger partial charge is 0.170 e. The molecule has 32 heavy (non-hydrogen) atoms. The van der Waals surface area contributed by atoms with Gasteiger partial charge in [0.1, 0.15) is 0 Å². The molecule has 166 valence electrons. The Hall–Kier alpha value is -2.37. The monoisotopic (exact) mass is 464 g/mol. The van der Waals surface area contributed by atoms with Crippen LogP contribution in [0.4, 0.5) is 0 Å². The van der Waals surface area contributed by atoms with E-state index >= 15 is 0 Å². The van der Waals surface area contributed by atoms with Gasteiger partial charge < -0.3 is 14.8 Å². The molecule has 1 saturated carbocycles. The number of pyridine rings is 1. The lowest BCUT2D eigenvalue weighted by atomic mass is 9.90. The van der Waals surface area contributed by atoms with E-state index in [0.29, 0.717) is 6.04 Å². The first-order chi connectivity index (χ1) is 15.6. The van der Waals surface area contributed by atoms with E-state index in [1.54, 1.807) is 0 Å². The van der Waals surface area contributed by atoms with Crippen molar-refractivity contribution in [3.05, 3.63) is 82.4 Å². The zero-order valence-electron chi connectivity index (χ0n) is 18.6. The molecule has 3 heterocycles. The van der Waals surface area contributed by atoms with Crippen molar-refractivity contribution in [2.45, 2.75) is 64.1 Å². The SMILES string of the molecule is Cc1cc(C2C(c3ccccn3)NC(=S)N2C2CCCCC2)c(C)n1-c1ccccc1Cl. The molecular weight excluding hydrogens is 436 g/mol. The predicted octanol–water partition coefficient (Wildman–Crippen LogP) is 6.45. The maximum atomic E-state index is 6.60. The van der Waals surface area contributed by atoms with E-state index in [0.717, 1.165) is 21.5 Å². The second-order valence-electron chi connectivity index (χ2n) is 8.94. The molecule has 0 radical (unpaired) electrons. The van der Waals surface area contributed by atoms with Crippen molar-refractivity contribution in [2.75, 3.05) is 0 Å². The van der Waals surface area contributed by atoms with Crippen LogP contribution in [0.5, 0.6) is 0 Å². The Balaban J connectivity index is 1.64. The van der Waals surface area contributed by atoms with E-state index in [4.69, 9.17) is 28.8 Å². The van der Waals surface area contributed by atoms with Crippen LogP contribution in [0, 0.1) is 13.8 Å². The molecule has 2 aromatic heterocycles. The molecule has 2 unspecified atom stereocenters. The predicted molar refractivity (Wildman–Crippen MR) is 134 cm³/mol. The van der Waals surface area contributed by atoms with Crippen molar-refractivity contribution in [3.63, 3.8) is 0 Å². The average molecular weight is 465 g/mol. The first-order valence-electron chi connectivity index (χ1n) is 11.5. The van der Waals surface area contributed by atoms with Gasteiger partial charge in [-0.1, -0.05) is 49.1 Å². The van der Waals surface area contributed by atoms with Crippen molar-refractivity contribution in [1.82, 2.24) is 19.8 Å². The highest BCUT2D eigenvalue weighted by Crippen LogP contribution is 2.44. The molecule has 2 fully saturated rings. The summed E-state index contributed by atoms with van der Waals surface area (Å²) in [5, 5.41) is 5.24. The van der Waals surface area contributed by atoms with Gasteiger partial charge in [-0.3, -0.25) is 4.98 Å². The molecule has 1 saturated heterocycles. The number of nitrogens with zero attached hydrogens (tertiary/aromatic N) is 3. The fourth-order valence-corrected chi connectivity index (χ4v) is 6.15. The summed E-state index contributed by atoms with van der Waals surface area (Å²) in [6.45, 7) is 4.35. The standard InChI is InChI=1S/C26H29ClN4S/c1-17-16-20(18(2)30(17)23-14-7-6-12-21(23)27)25-24(22-13-8-9-15-28-22)29-26(32)31(25)19-10-4-3-5-11-19/h6-9,12-16,19,24-25H,3-5,10-11H2,1-2H3,(H,29,32). The summed E-state index contributed by atoms with van der Waals surface area (Å²) in [4.78, 5) is 7.18. The van der Waals surface area contributed by atoms with Crippen molar-refractivity contribution in [1.29, 1.82) is 0 Å². The lowest BCUT2D eigenvalue weighted by Gasteiger charge is -2.37. The number of aromatic nitrogens is 2. The Bertz CT molecular complexity index is 1120. The maximum absolute atomic E-state index is 6.60. The van der Waals surface area contributed by atoms with E-state index in [9.17, 15) is 0 Å². The van der Waals surface area contributed by atoms with Gasteiger partial charge in [0, 0.05) is 23.6 Å². The second-order valence-corrected chi connectivity index (χ2v) is 9.73. The van der Waals surface area contributed by atoms with E-state index in [2.05, 4.69) is 52.9 Å². The van der Waals surface area contributed by atoms with Gasteiger partial charge in [-0.05, 0) is 74.8 Å². The van der Waals surface area contributed by atoms with Gasteiger partial charge in [0.15, 0.2) is 5.11 Å². The highest BCUT2D eigenvalue weighted by atomic mass is 35.5. The van der Waals surface area contributed by atoms with E-state index in [1.165, 1.54) is 49.1 Å². The molecule has 0 bridgehead atoms. The molecule has 6 heteroatoms. The molecular formula is C26H29ClN4S. The van der Waals surface area contributed by atoms with Gasteiger partial charge in [-0.25, -0.2) is 0 Å². The van der Waals surface area contributed by atoms with Gasteiger partial charge in [0.05, 0.1) is 28.5 Å². The first kappa shape index (κ1) is 21.5. The molecule has 0 amide bonds. The Morgan fingerprint density at radius 2 is 1.78 bits per heavy atom. The Kier molecular flexibility index (Phi) is 5.95. The highest BCUT2D eigenvalue weighted by molar-refractivity contribution is 7.80. The molecule has 3 aromatic rings. The molecule has 1 aliphatic heterocycles. The summed E-state index contributed by atoms with van der Waals surface area (Å²) in [6, 6.07) is 17.1. The Labute approximate surface area is 200 Å². The third-order valence-corrected chi connectivity index (χ3v) is 7.63. The van der Waals surface area contributed by atoms with Crippen LogP contribution in [0.25, 0.3) is 5.69 Å². The fourth-order valence-electron chi connectivity index (χ4n) is 5.54. The van der Waals surface area contributed by atoms with Gasteiger partial charge in [-0.2, -0.15) is 0 Å². The first-order valence-corrected chi connectivity index (χ1v) is 12.3. The summed E-state index contributed by atoms with van der Waals surface area (Å²) < 4.78 is 2.27. The molecule has 0 spiro atoms. The summed E-state index contributed by atoms with van der Waals surface area (Å²) in [5.74, 6) is 0. The van der Waals surface area contributed by atoms with Crippen LogP contribution in [0.2, 0.25) is 5.02 Å². The number of nitrogens with one attached hydrogen (secondary N) is 1. The summed E-state index contributed by atoms with van der Waals surface area (Å²) in [7, 11) is 0. The number of halogens is 1. The minimum absolute atomic E-state index is 0.0193. The zero-order chi connectivity index (χ0) is 22.2. The minimum Gasteiger partial charge on any atom is -0.352 e. The second kappa shape index (κ2) is 8.87. The van der Waals surface area contributed by atoms with E-state index in [-0.39, 0.29) is 12.1 Å². The molecule has 1 N–H and O–H groups in total. The molecule has 1 aliphatic carbocycles. The number of hydrogen-bond donors (Lipinski definition) is 1. The molecule has 4 nitrogen and oxygen atoms in total. The van der Waals surface area contributed by atoms with Gasteiger partial charge in [0.2, 0.25) is 0 Å². The maximum Gasteiger partial charge on any atom is 0.170 e. The number of para-hydroxylation sites is 1.